The van der Waals surface area contributed by atoms with Crippen LogP contribution in [0.25, 0.3) is 11.1 Å². The molecule has 6 rings (SSSR count). The molecule has 3 aromatic carbocycles. The molecule has 11 heteroatoms. The summed E-state index contributed by atoms with van der Waals surface area (Å²) < 4.78 is 13.4. The second kappa shape index (κ2) is 16.1. The highest BCUT2D eigenvalue weighted by Crippen LogP contribution is 2.42. The molecule has 0 bridgehead atoms. The quantitative estimate of drug-likeness (QED) is 0.195. The van der Waals surface area contributed by atoms with Crippen molar-refractivity contribution >= 4 is 17.8 Å². The maximum absolute atomic E-state index is 12.0. The third-order valence-corrected chi connectivity index (χ3v) is 9.27. The fourth-order valence-electron chi connectivity index (χ4n) is 6.37. The van der Waals surface area contributed by atoms with Gasteiger partial charge in [-0.2, -0.15) is 0 Å². The van der Waals surface area contributed by atoms with Crippen LogP contribution >= 0.6 is 0 Å². The predicted molar refractivity (Wildman–Crippen MR) is 184 cm³/mol. The van der Waals surface area contributed by atoms with E-state index in [-0.39, 0.29) is 43.5 Å². The topological polar surface area (TPSA) is 137 Å². The highest BCUT2D eigenvalue weighted by molar-refractivity contribution is 5.80. The normalized spacial score (nSPS) is 21.3. The zero-order valence-electron chi connectivity index (χ0n) is 27.6. The van der Waals surface area contributed by atoms with Gasteiger partial charge in [-0.25, -0.2) is 9.97 Å². The van der Waals surface area contributed by atoms with Crippen LogP contribution in [0.1, 0.15) is 54.4 Å². The largest absolute Gasteiger partial charge is 0.481 e. The molecule has 49 heavy (non-hydrogen) atoms. The monoisotopic (exact) mass is 665 g/mol. The van der Waals surface area contributed by atoms with Crippen molar-refractivity contribution in [1.82, 2.24) is 20.2 Å². The molecule has 0 saturated carbocycles. The number of carbonyl (C=O) groups excluding carboxylic acids is 1. The lowest BCUT2D eigenvalue weighted by molar-refractivity contribution is -0.276. The van der Waals surface area contributed by atoms with Gasteiger partial charge in [-0.3, -0.25) is 14.5 Å². The van der Waals surface area contributed by atoms with E-state index >= 15 is 0 Å². The van der Waals surface area contributed by atoms with Crippen molar-refractivity contribution in [3.8, 4) is 11.1 Å². The molecule has 11 nitrogen and oxygen atoms in total. The van der Waals surface area contributed by atoms with Gasteiger partial charge in [-0.1, -0.05) is 73.7 Å². The second-order valence-corrected chi connectivity index (χ2v) is 12.7. The van der Waals surface area contributed by atoms with Crippen LogP contribution in [0.15, 0.2) is 91.3 Å². The van der Waals surface area contributed by atoms with Crippen LogP contribution in [0.2, 0.25) is 0 Å². The van der Waals surface area contributed by atoms with Gasteiger partial charge in [0.2, 0.25) is 11.9 Å². The number of piperazine rings is 1. The third kappa shape index (κ3) is 8.87. The summed E-state index contributed by atoms with van der Waals surface area (Å²) in [6.45, 7) is 6.72. The van der Waals surface area contributed by atoms with Gasteiger partial charge >= 0.3 is 5.97 Å². The highest BCUT2D eigenvalue weighted by Gasteiger charge is 2.39. The Morgan fingerprint density at radius 2 is 1.55 bits per heavy atom. The van der Waals surface area contributed by atoms with Crippen LogP contribution in [0.3, 0.4) is 0 Å². The molecular weight excluding hydrogens is 622 g/mol. The first-order chi connectivity index (χ1) is 23.9. The van der Waals surface area contributed by atoms with E-state index in [1.54, 1.807) is 12.4 Å². The number of rotatable bonds is 12. The molecule has 2 fully saturated rings. The molecule has 2 aliphatic heterocycles. The van der Waals surface area contributed by atoms with E-state index in [1.807, 2.05) is 66.7 Å². The minimum Gasteiger partial charge on any atom is -0.481 e. The summed E-state index contributed by atoms with van der Waals surface area (Å²) in [6.07, 6.45) is 2.48. The number of nitrogens with zero attached hydrogens (tertiary/aromatic N) is 4. The molecule has 4 aromatic rings. The molecule has 0 aliphatic carbocycles. The number of aromatic nitrogens is 2. The summed E-state index contributed by atoms with van der Waals surface area (Å²) in [4.78, 5) is 36.3. The van der Waals surface area contributed by atoms with Crippen molar-refractivity contribution < 1.29 is 29.3 Å². The van der Waals surface area contributed by atoms with Gasteiger partial charge < -0.3 is 29.9 Å². The number of nitrogens with one attached hydrogen (secondary N) is 1. The number of hydrogen-bond acceptors (Lipinski definition) is 9. The number of hydrogen-bond donors (Lipinski definition) is 3. The maximum Gasteiger partial charge on any atom is 0.303 e. The number of ether oxygens (including phenoxy) is 2. The second-order valence-electron chi connectivity index (χ2n) is 12.7. The zero-order valence-corrected chi connectivity index (χ0v) is 27.6. The third-order valence-electron chi connectivity index (χ3n) is 9.27. The first-order valence-electron chi connectivity index (χ1n) is 16.8. The standard InChI is InChI=1S/C38H43N5O6/c1-26-33(24-42-18-20-43(21-19-42)38-39-16-3-17-40-38)48-37(49-36(26)30-8-6-27(25-44)7-9-30)31-12-10-29(11-13-31)32-5-2-4-28(22-32)23-41-34(45)14-15-35(46)47/h2-13,16-17,22,26,33,36-37,44H,14-15,18-21,23-25H2,1H3,(H,41,45)(H,46,47). The molecule has 1 aromatic heterocycles. The molecule has 4 unspecified atom stereocenters. The lowest BCUT2D eigenvalue weighted by Gasteiger charge is -2.44. The average molecular weight is 666 g/mol. The number of aliphatic carboxylic acids is 1. The van der Waals surface area contributed by atoms with Crippen LogP contribution in [-0.2, 0) is 32.2 Å². The Kier molecular flexibility index (Phi) is 11.3. The fourth-order valence-corrected chi connectivity index (χ4v) is 6.37. The van der Waals surface area contributed by atoms with E-state index in [9.17, 15) is 14.7 Å². The first kappa shape index (κ1) is 34.2. The number of aliphatic hydroxyl groups excluding tert-OH is 1. The van der Waals surface area contributed by atoms with Gasteiger partial charge in [0.25, 0.3) is 0 Å². The number of benzene rings is 3. The van der Waals surface area contributed by atoms with Crippen LogP contribution in [0, 0.1) is 5.92 Å². The van der Waals surface area contributed by atoms with Crippen LogP contribution < -0.4 is 10.2 Å². The zero-order chi connectivity index (χ0) is 34.2. The van der Waals surface area contributed by atoms with E-state index in [2.05, 4.69) is 44.1 Å². The molecule has 3 N–H and O–H groups in total. The van der Waals surface area contributed by atoms with E-state index in [0.717, 1.165) is 72.1 Å². The maximum atomic E-state index is 12.0. The Morgan fingerprint density at radius 3 is 2.24 bits per heavy atom. The number of anilines is 1. The Hall–Kier alpha value is -4.68. The number of carbonyl (C=O) groups is 2. The number of amides is 1. The average Bonchev–Trinajstić information content (AvgIpc) is 3.15. The molecule has 2 aliphatic rings. The molecular formula is C38H43N5O6. The van der Waals surface area contributed by atoms with Gasteiger partial charge in [0.1, 0.15) is 0 Å². The Bertz CT molecular complexity index is 1680. The number of carboxylic acid groups (broad SMARTS) is 1. The predicted octanol–water partition coefficient (Wildman–Crippen LogP) is 4.73. The molecule has 2 saturated heterocycles. The van der Waals surface area contributed by atoms with Crippen molar-refractivity contribution in [2.45, 2.75) is 51.4 Å². The highest BCUT2D eigenvalue weighted by atomic mass is 16.7. The van der Waals surface area contributed by atoms with Gasteiger partial charge in [-0.15, -0.1) is 0 Å². The lowest BCUT2D eigenvalue weighted by atomic mass is 9.89. The minimum atomic E-state index is -0.990. The Morgan fingerprint density at radius 1 is 0.837 bits per heavy atom. The molecule has 3 heterocycles. The summed E-state index contributed by atoms with van der Waals surface area (Å²) in [5.41, 5.74) is 5.77. The molecule has 0 spiro atoms. The van der Waals surface area contributed by atoms with Crippen molar-refractivity contribution in [3.05, 3.63) is 114 Å². The smallest absolute Gasteiger partial charge is 0.303 e. The van der Waals surface area contributed by atoms with Gasteiger partial charge in [-0.05, 0) is 39.9 Å². The van der Waals surface area contributed by atoms with Crippen molar-refractivity contribution in [2.24, 2.45) is 5.92 Å². The molecule has 256 valence electrons. The Labute approximate surface area is 286 Å². The van der Waals surface area contributed by atoms with E-state index < -0.39 is 12.3 Å². The molecule has 1 amide bonds. The summed E-state index contributed by atoms with van der Waals surface area (Å²) in [7, 11) is 0. The van der Waals surface area contributed by atoms with E-state index in [4.69, 9.17) is 14.6 Å². The molecule has 0 radical (unpaired) electrons. The van der Waals surface area contributed by atoms with Crippen LogP contribution in [-0.4, -0.2) is 75.8 Å². The van der Waals surface area contributed by atoms with Crippen molar-refractivity contribution in [3.63, 3.8) is 0 Å². The van der Waals surface area contributed by atoms with Crippen molar-refractivity contribution in [2.75, 3.05) is 37.6 Å². The van der Waals surface area contributed by atoms with Crippen LogP contribution in [0.5, 0.6) is 0 Å². The lowest BCUT2D eigenvalue weighted by Crippen LogP contribution is -2.51. The SMILES string of the molecule is CC1C(CN2CCN(c3ncccn3)CC2)OC(c2ccc(-c3cccc(CNC(=O)CCC(=O)O)c3)cc2)OC1c1ccc(CO)cc1. The minimum absolute atomic E-state index is 0.00754. The fraction of sp³-hybridized carbons (Fsp3) is 0.368. The molecule has 4 atom stereocenters. The Balaban J connectivity index is 1.15. The van der Waals surface area contributed by atoms with Gasteiger partial charge in [0, 0.05) is 69.6 Å². The number of aliphatic hydroxyl groups is 1. The number of carboxylic acids is 1. The summed E-state index contributed by atoms with van der Waals surface area (Å²) in [5, 5.41) is 21.2. The van der Waals surface area contributed by atoms with E-state index in [0.29, 0.717) is 6.54 Å². The van der Waals surface area contributed by atoms with E-state index in [1.165, 1.54) is 0 Å². The van der Waals surface area contributed by atoms with Gasteiger partial charge in [0.15, 0.2) is 6.29 Å². The van der Waals surface area contributed by atoms with Crippen LogP contribution in [0.4, 0.5) is 5.95 Å². The van der Waals surface area contributed by atoms with Gasteiger partial charge in [0.05, 0.1) is 25.2 Å². The van der Waals surface area contributed by atoms with Crippen molar-refractivity contribution in [1.29, 1.82) is 0 Å². The first-order valence-corrected chi connectivity index (χ1v) is 16.8. The summed E-state index contributed by atoms with van der Waals surface area (Å²) in [6, 6.07) is 25.9. The summed E-state index contributed by atoms with van der Waals surface area (Å²) in [5.74, 6) is -0.433. The summed E-state index contributed by atoms with van der Waals surface area (Å²) >= 11 is 0.